The van der Waals surface area contributed by atoms with Crippen molar-refractivity contribution in [3.63, 3.8) is 0 Å². The van der Waals surface area contributed by atoms with Gasteiger partial charge in [-0.2, -0.15) is 5.10 Å². The third-order valence-electron chi connectivity index (χ3n) is 4.53. The van der Waals surface area contributed by atoms with E-state index in [2.05, 4.69) is 23.8 Å². The molecule has 0 radical (unpaired) electrons. The lowest BCUT2D eigenvalue weighted by Gasteiger charge is -2.30. The Morgan fingerprint density at radius 1 is 1.35 bits per heavy atom. The first-order valence-corrected chi connectivity index (χ1v) is 7.98. The molecule has 0 bridgehead atoms. The van der Waals surface area contributed by atoms with Crippen molar-refractivity contribution in [1.82, 2.24) is 14.7 Å². The SMILES string of the molecule is Cn1ncc2c1CC(C)(C)CN(Cc1cc(CO)ccc1F)C2. The van der Waals surface area contributed by atoms with E-state index < -0.39 is 0 Å². The monoisotopic (exact) mass is 317 g/mol. The highest BCUT2D eigenvalue weighted by molar-refractivity contribution is 5.26. The van der Waals surface area contributed by atoms with E-state index in [9.17, 15) is 9.50 Å². The Labute approximate surface area is 136 Å². The number of aliphatic hydroxyl groups excluding tert-OH is 1. The zero-order valence-electron chi connectivity index (χ0n) is 14.0. The van der Waals surface area contributed by atoms with Crippen LogP contribution >= 0.6 is 0 Å². The molecule has 0 fully saturated rings. The lowest BCUT2D eigenvalue weighted by molar-refractivity contribution is 0.171. The third kappa shape index (κ3) is 3.46. The summed E-state index contributed by atoms with van der Waals surface area (Å²) >= 11 is 0. The summed E-state index contributed by atoms with van der Waals surface area (Å²) < 4.78 is 16.1. The van der Waals surface area contributed by atoms with Gasteiger partial charge in [0.2, 0.25) is 0 Å². The molecule has 1 aromatic carbocycles. The number of aliphatic hydroxyl groups is 1. The Kier molecular flexibility index (Phi) is 4.25. The summed E-state index contributed by atoms with van der Waals surface area (Å²) in [5.41, 5.74) is 3.97. The summed E-state index contributed by atoms with van der Waals surface area (Å²) in [6, 6.07) is 4.83. The van der Waals surface area contributed by atoms with Gasteiger partial charge < -0.3 is 5.11 Å². The van der Waals surface area contributed by atoms with Crippen LogP contribution in [0.15, 0.2) is 24.4 Å². The second-order valence-corrected chi connectivity index (χ2v) is 7.31. The van der Waals surface area contributed by atoms with Crippen LogP contribution in [0.1, 0.15) is 36.2 Å². The fourth-order valence-electron chi connectivity index (χ4n) is 3.48. The molecule has 0 saturated carbocycles. The van der Waals surface area contributed by atoms with E-state index >= 15 is 0 Å². The van der Waals surface area contributed by atoms with Crippen molar-refractivity contribution in [3.8, 4) is 0 Å². The molecule has 124 valence electrons. The molecule has 1 N–H and O–H groups in total. The smallest absolute Gasteiger partial charge is 0.127 e. The number of benzene rings is 1. The van der Waals surface area contributed by atoms with E-state index in [-0.39, 0.29) is 17.8 Å². The van der Waals surface area contributed by atoms with Gasteiger partial charge in [0.15, 0.2) is 0 Å². The number of nitrogens with zero attached hydrogens (tertiary/aromatic N) is 3. The molecule has 23 heavy (non-hydrogen) atoms. The molecule has 3 rings (SSSR count). The number of halogens is 1. The number of rotatable bonds is 3. The number of hydrogen-bond donors (Lipinski definition) is 1. The van der Waals surface area contributed by atoms with E-state index in [1.54, 1.807) is 12.1 Å². The Balaban J connectivity index is 1.88. The molecule has 1 aliphatic rings. The summed E-state index contributed by atoms with van der Waals surface area (Å²) in [6.07, 6.45) is 2.89. The van der Waals surface area contributed by atoms with Gasteiger partial charge in [0, 0.05) is 43.5 Å². The summed E-state index contributed by atoms with van der Waals surface area (Å²) in [5, 5.41) is 13.6. The van der Waals surface area contributed by atoms with E-state index in [1.807, 2.05) is 17.9 Å². The Morgan fingerprint density at radius 3 is 2.87 bits per heavy atom. The maximum atomic E-state index is 14.1. The van der Waals surface area contributed by atoms with Crippen LogP contribution in [0.3, 0.4) is 0 Å². The molecule has 4 nitrogen and oxygen atoms in total. The fraction of sp³-hybridized carbons (Fsp3) is 0.500. The van der Waals surface area contributed by atoms with E-state index in [0.717, 1.165) is 25.1 Å². The zero-order chi connectivity index (χ0) is 16.6. The van der Waals surface area contributed by atoms with Crippen LogP contribution in [-0.4, -0.2) is 26.3 Å². The van der Waals surface area contributed by atoms with Gasteiger partial charge in [-0.05, 0) is 29.5 Å². The maximum absolute atomic E-state index is 14.1. The van der Waals surface area contributed by atoms with Gasteiger partial charge in [0.1, 0.15) is 5.82 Å². The molecular formula is C18H24FN3O. The molecule has 0 saturated heterocycles. The van der Waals surface area contributed by atoms with Gasteiger partial charge in [0.05, 0.1) is 12.8 Å². The Morgan fingerprint density at radius 2 is 2.13 bits per heavy atom. The number of aromatic nitrogens is 2. The number of aryl methyl sites for hydroxylation is 1. The molecule has 0 spiro atoms. The minimum Gasteiger partial charge on any atom is -0.392 e. The van der Waals surface area contributed by atoms with E-state index in [1.165, 1.54) is 17.3 Å². The van der Waals surface area contributed by atoms with Gasteiger partial charge in [-0.25, -0.2) is 4.39 Å². The van der Waals surface area contributed by atoms with Crippen molar-refractivity contribution in [1.29, 1.82) is 0 Å². The van der Waals surface area contributed by atoms with Crippen molar-refractivity contribution in [3.05, 3.63) is 52.6 Å². The molecule has 2 heterocycles. The molecule has 0 aliphatic carbocycles. The lowest BCUT2D eigenvalue weighted by atomic mass is 9.87. The molecular weight excluding hydrogens is 293 g/mol. The third-order valence-corrected chi connectivity index (χ3v) is 4.53. The first-order valence-electron chi connectivity index (χ1n) is 7.98. The fourth-order valence-corrected chi connectivity index (χ4v) is 3.48. The van der Waals surface area contributed by atoms with Crippen LogP contribution in [0.25, 0.3) is 0 Å². The highest BCUT2D eigenvalue weighted by Gasteiger charge is 2.30. The molecule has 2 aromatic rings. The second kappa shape index (κ2) is 6.06. The lowest BCUT2D eigenvalue weighted by Crippen LogP contribution is -2.33. The summed E-state index contributed by atoms with van der Waals surface area (Å²) in [5.74, 6) is -0.212. The Hall–Kier alpha value is -1.72. The largest absolute Gasteiger partial charge is 0.392 e. The minimum atomic E-state index is -0.212. The highest BCUT2D eigenvalue weighted by Crippen LogP contribution is 2.31. The first kappa shape index (κ1) is 16.1. The zero-order valence-corrected chi connectivity index (χ0v) is 14.0. The van der Waals surface area contributed by atoms with Crippen molar-refractivity contribution in [2.75, 3.05) is 6.54 Å². The van der Waals surface area contributed by atoms with Crippen molar-refractivity contribution >= 4 is 0 Å². The average Bonchev–Trinajstić information content (AvgIpc) is 2.74. The van der Waals surface area contributed by atoms with Crippen LogP contribution in [0, 0.1) is 11.2 Å². The van der Waals surface area contributed by atoms with Gasteiger partial charge in [-0.3, -0.25) is 9.58 Å². The maximum Gasteiger partial charge on any atom is 0.127 e. The van der Waals surface area contributed by atoms with E-state index in [0.29, 0.717) is 12.1 Å². The topological polar surface area (TPSA) is 41.3 Å². The molecule has 5 heteroatoms. The van der Waals surface area contributed by atoms with Crippen molar-refractivity contribution in [2.24, 2.45) is 12.5 Å². The van der Waals surface area contributed by atoms with Crippen LogP contribution in [0.5, 0.6) is 0 Å². The predicted molar refractivity (Wildman–Crippen MR) is 87.1 cm³/mol. The average molecular weight is 317 g/mol. The number of fused-ring (bicyclic) bond motifs is 1. The Bertz CT molecular complexity index is 708. The van der Waals surface area contributed by atoms with Crippen molar-refractivity contribution in [2.45, 2.75) is 40.0 Å². The quantitative estimate of drug-likeness (QED) is 0.946. The summed E-state index contributed by atoms with van der Waals surface area (Å²) in [4.78, 5) is 2.27. The van der Waals surface area contributed by atoms with Gasteiger partial charge >= 0.3 is 0 Å². The van der Waals surface area contributed by atoms with E-state index in [4.69, 9.17) is 0 Å². The highest BCUT2D eigenvalue weighted by atomic mass is 19.1. The summed E-state index contributed by atoms with van der Waals surface area (Å²) in [7, 11) is 1.98. The molecule has 0 atom stereocenters. The standard InChI is InChI=1S/C18H24FN3O/c1-18(2)7-17-15(8-20-21(17)3)10-22(12-18)9-14-6-13(11-23)4-5-16(14)19/h4-6,8,23H,7,9-12H2,1-3H3. The van der Waals surface area contributed by atoms with Gasteiger partial charge in [0.25, 0.3) is 0 Å². The van der Waals surface area contributed by atoms with Crippen LogP contribution in [0.2, 0.25) is 0 Å². The predicted octanol–water partition coefficient (Wildman–Crippen LogP) is 2.64. The normalized spacial score (nSPS) is 17.8. The molecule has 0 unspecified atom stereocenters. The summed E-state index contributed by atoms with van der Waals surface area (Å²) in [6.45, 7) is 6.62. The first-order chi connectivity index (χ1) is 10.9. The van der Waals surface area contributed by atoms with Crippen LogP contribution in [-0.2, 0) is 33.2 Å². The second-order valence-electron chi connectivity index (χ2n) is 7.31. The number of hydrogen-bond acceptors (Lipinski definition) is 3. The minimum absolute atomic E-state index is 0.0640. The van der Waals surface area contributed by atoms with Gasteiger partial charge in [-0.1, -0.05) is 19.9 Å². The molecule has 1 aromatic heterocycles. The van der Waals surface area contributed by atoms with Crippen LogP contribution < -0.4 is 0 Å². The van der Waals surface area contributed by atoms with Crippen molar-refractivity contribution < 1.29 is 9.50 Å². The van der Waals surface area contributed by atoms with Crippen LogP contribution in [0.4, 0.5) is 4.39 Å². The van der Waals surface area contributed by atoms with Gasteiger partial charge in [-0.15, -0.1) is 0 Å². The molecule has 0 amide bonds. The molecule has 1 aliphatic heterocycles.